The first kappa shape index (κ1) is 21.9. The number of nitrogens with zero attached hydrogens (tertiary/aromatic N) is 1. The molecule has 4 nitrogen and oxygen atoms in total. The number of halogens is 2. The molecule has 0 spiro atoms. The standard InChI is InChI=1S/C24H36F2N2O2/c1-23-12-9-16-5-4-11-24(30,22(25)26)10-3-2-6-17(16)18(23)7-8-19(23)20(29)15-21-27-13-14-28-21/h13-14,16-19,22,30H,2-12,15H2,1H3,(H,27,28). The fourth-order valence-corrected chi connectivity index (χ4v) is 7.20. The first-order valence-electron chi connectivity index (χ1n) is 11.8. The maximum atomic E-state index is 13.4. The molecule has 0 radical (unpaired) electrons. The fourth-order valence-electron chi connectivity index (χ4n) is 7.20. The quantitative estimate of drug-likeness (QED) is 0.690. The monoisotopic (exact) mass is 422 g/mol. The molecule has 2 N–H and O–H groups in total. The summed E-state index contributed by atoms with van der Waals surface area (Å²) in [5.74, 6) is 2.86. The number of rotatable bonds is 4. The number of aromatic amines is 1. The Balaban J connectivity index is 1.45. The normalized spacial score (nSPS) is 40.0. The average Bonchev–Trinajstić information content (AvgIpc) is 3.33. The van der Waals surface area contributed by atoms with E-state index in [0.717, 1.165) is 50.8 Å². The third kappa shape index (κ3) is 4.09. The first-order chi connectivity index (χ1) is 14.3. The Morgan fingerprint density at radius 1 is 1.17 bits per heavy atom. The molecule has 4 rings (SSSR count). The molecular weight excluding hydrogens is 386 g/mol. The molecule has 3 aliphatic rings. The third-order valence-electron chi connectivity index (χ3n) is 8.86. The summed E-state index contributed by atoms with van der Waals surface area (Å²) in [6.07, 6.45) is 10.0. The molecule has 0 amide bonds. The van der Waals surface area contributed by atoms with Crippen molar-refractivity contribution in [1.82, 2.24) is 9.97 Å². The van der Waals surface area contributed by atoms with Gasteiger partial charge in [0.15, 0.2) is 0 Å². The topological polar surface area (TPSA) is 66.0 Å². The minimum atomic E-state index is -2.65. The third-order valence-corrected chi connectivity index (χ3v) is 8.86. The van der Waals surface area contributed by atoms with Crippen molar-refractivity contribution in [3.05, 3.63) is 18.2 Å². The van der Waals surface area contributed by atoms with Crippen LogP contribution in [0.4, 0.5) is 8.78 Å². The molecule has 6 heteroatoms. The van der Waals surface area contributed by atoms with Crippen molar-refractivity contribution in [3.63, 3.8) is 0 Å². The molecule has 30 heavy (non-hydrogen) atoms. The van der Waals surface area contributed by atoms with E-state index in [1.807, 2.05) is 0 Å². The van der Waals surface area contributed by atoms with Gasteiger partial charge in [-0.1, -0.05) is 32.6 Å². The molecular formula is C24H36F2N2O2. The number of alkyl halides is 2. The second kappa shape index (κ2) is 8.68. The number of nitrogens with one attached hydrogen (secondary N) is 1. The van der Waals surface area contributed by atoms with Gasteiger partial charge in [-0.15, -0.1) is 0 Å². The zero-order valence-electron chi connectivity index (χ0n) is 18.1. The maximum Gasteiger partial charge on any atom is 0.266 e. The van der Waals surface area contributed by atoms with Crippen LogP contribution < -0.4 is 0 Å². The van der Waals surface area contributed by atoms with E-state index in [1.165, 1.54) is 0 Å². The van der Waals surface area contributed by atoms with Gasteiger partial charge in [0.2, 0.25) is 0 Å². The second-order valence-corrected chi connectivity index (χ2v) is 10.4. The van der Waals surface area contributed by atoms with Gasteiger partial charge in [-0.3, -0.25) is 4.79 Å². The zero-order chi connectivity index (χ0) is 21.4. The number of fused-ring (bicyclic) bond motifs is 3. The van der Waals surface area contributed by atoms with Crippen molar-refractivity contribution >= 4 is 5.78 Å². The van der Waals surface area contributed by atoms with E-state index < -0.39 is 12.0 Å². The lowest BCUT2D eigenvalue weighted by Gasteiger charge is -2.49. The molecule has 3 saturated carbocycles. The Bertz CT molecular complexity index is 725. The van der Waals surface area contributed by atoms with E-state index in [-0.39, 0.29) is 24.2 Å². The van der Waals surface area contributed by atoms with Crippen LogP contribution >= 0.6 is 0 Å². The molecule has 0 bridgehead atoms. The molecule has 0 aromatic carbocycles. The highest BCUT2D eigenvalue weighted by molar-refractivity contribution is 5.83. The molecule has 0 saturated heterocycles. The molecule has 6 unspecified atom stereocenters. The summed E-state index contributed by atoms with van der Waals surface area (Å²) in [5, 5.41) is 10.4. The smallest absolute Gasteiger partial charge is 0.266 e. The van der Waals surface area contributed by atoms with Crippen LogP contribution in [0.5, 0.6) is 0 Å². The SMILES string of the molecule is CC12CCC3CCCC(O)(C(F)F)CCCCC3C1CCC2C(=O)Cc1ncc[nH]1. The second-order valence-electron chi connectivity index (χ2n) is 10.4. The largest absolute Gasteiger partial charge is 0.384 e. The van der Waals surface area contributed by atoms with E-state index in [9.17, 15) is 18.7 Å². The van der Waals surface area contributed by atoms with E-state index in [4.69, 9.17) is 0 Å². The minimum Gasteiger partial charge on any atom is -0.384 e. The number of hydrogen-bond acceptors (Lipinski definition) is 3. The van der Waals surface area contributed by atoms with Gasteiger partial charge in [-0.25, -0.2) is 13.8 Å². The Morgan fingerprint density at radius 3 is 2.70 bits per heavy atom. The van der Waals surface area contributed by atoms with Crippen molar-refractivity contribution in [2.75, 3.05) is 0 Å². The van der Waals surface area contributed by atoms with Crippen molar-refractivity contribution in [2.24, 2.45) is 29.1 Å². The van der Waals surface area contributed by atoms with Gasteiger partial charge in [0.25, 0.3) is 6.43 Å². The van der Waals surface area contributed by atoms with Gasteiger partial charge in [-0.05, 0) is 68.1 Å². The highest BCUT2D eigenvalue weighted by atomic mass is 19.3. The molecule has 1 aromatic heterocycles. The molecule has 1 heterocycles. The Kier molecular flexibility index (Phi) is 6.34. The number of aromatic nitrogens is 2. The summed E-state index contributed by atoms with van der Waals surface area (Å²) in [5.41, 5.74) is -1.74. The lowest BCUT2D eigenvalue weighted by molar-refractivity contribution is -0.128. The number of carbonyl (C=O) groups is 1. The molecule has 0 aliphatic heterocycles. The van der Waals surface area contributed by atoms with Gasteiger partial charge in [0.1, 0.15) is 17.2 Å². The van der Waals surface area contributed by atoms with Crippen molar-refractivity contribution in [3.8, 4) is 0 Å². The Hall–Kier alpha value is -1.30. The summed E-state index contributed by atoms with van der Waals surface area (Å²) in [7, 11) is 0. The van der Waals surface area contributed by atoms with Crippen LogP contribution in [0.25, 0.3) is 0 Å². The predicted molar refractivity (Wildman–Crippen MR) is 111 cm³/mol. The molecule has 3 aliphatic carbocycles. The summed E-state index contributed by atoms with van der Waals surface area (Å²) < 4.78 is 26.8. The van der Waals surface area contributed by atoms with E-state index in [1.54, 1.807) is 12.4 Å². The molecule has 3 fully saturated rings. The van der Waals surface area contributed by atoms with E-state index in [2.05, 4.69) is 16.9 Å². The fraction of sp³-hybridized carbons (Fsp3) is 0.833. The van der Waals surface area contributed by atoms with Crippen LogP contribution in [-0.2, 0) is 11.2 Å². The summed E-state index contributed by atoms with van der Waals surface area (Å²) in [6.45, 7) is 2.33. The lowest BCUT2D eigenvalue weighted by Crippen LogP contribution is -2.44. The van der Waals surface area contributed by atoms with Gasteiger partial charge >= 0.3 is 0 Å². The number of carbonyl (C=O) groups excluding carboxylic acids is 1. The Morgan fingerprint density at radius 2 is 1.97 bits per heavy atom. The van der Waals surface area contributed by atoms with Gasteiger partial charge in [0, 0.05) is 18.3 Å². The number of aliphatic hydroxyl groups is 1. The first-order valence-corrected chi connectivity index (χ1v) is 11.8. The lowest BCUT2D eigenvalue weighted by atomic mass is 9.55. The van der Waals surface area contributed by atoms with E-state index >= 15 is 0 Å². The summed E-state index contributed by atoms with van der Waals surface area (Å²) >= 11 is 0. The van der Waals surface area contributed by atoms with Crippen LogP contribution in [0.3, 0.4) is 0 Å². The predicted octanol–water partition coefficient (Wildman–Crippen LogP) is 5.32. The molecule has 6 atom stereocenters. The van der Waals surface area contributed by atoms with Crippen molar-refractivity contribution < 1.29 is 18.7 Å². The van der Waals surface area contributed by atoms with E-state index in [0.29, 0.717) is 42.8 Å². The number of Topliss-reactive ketones (excluding diaryl/α,β-unsaturated/α-hetero) is 1. The van der Waals surface area contributed by atoms with Crippen molar-refractivity contribution in [2.45, 2.75) is 96.0 Å². The highest BCUT2D eigenvalue weighted by Gasteiger charge is 2.55. The average molecular weight is 423 g/mol. The van der Waals surface area contributed by atoms with Crippen LogP contribution in [-0.4, -0.2) is 32.9 Å². The van der Waals surface area contributed by atoms with Crippen LogP contribution in [0, 0.1) is 29.1 Å². The van der Waals surface area contributed by atoms with Crippen molar-refractivity contribution in [1.29, 1.82) is 0 Å². The number of imidazole rings is 1. The van der Waals surface area contributed by atoms with Crippen LogP contribution in [0.1, 0.15) is 83.4 Å². The summed E-state index contributed by atoms with van der Waals surface area (Å²) in [4.78, 5) is 20.4. The number of hydrogen-bond donors (Lipinski definition) is 2. The molecule has 168 valence electrons. The van der Waals surface area contributed by atoms with Gasteiger partial charge in [0.05, 0.1) is 6.42 Å². The van der Waals surface area contributed by atoms with Gasteiger partial charge < -0.3 is 10.1 Å². The number of ketones is 1. The highest BCUT2D eigenvalue weighted by Crippen LogP contribution is 2.61. The molecule has 1 aromatic rings. The van der Waals surface area contributed by atoms with Crippen LogP contribution in [0.15, 0.2) is 12.4 Å². The minimum absolute atomic E-state index is 0.0542. The number of H-pyrrole nitrogens is 1. The van der Waals surface area contributed by atoms with Crippen LogP contribution in [0.2, 0.25) is 0 Å². The summed E-state index contributed by atoms with van der Waals surface area (Å²) in [6, 6.07) is 0. The maximum absolute atomic E-state index is 13.4. The Labute approximate surface area is 178 Å². The van der Waals surface area contributed by atoms with Gasteiger partial charge in [-0.2, -0.15) is 0 Å². The zero-order valence-corrected chi connectivity index (χ0v) is 18.1.